The van der Waals surface area contributed by atoms with Crippen molar-refractivity contribution in [2.45, 2.75) is 12.9 Å². The van der Waals surface area contributed by atoms with Crippen molar-refractivity contribution in [3.8, 4) is 22.6 Å². The van der Waals surface area contributed by atoms with Gasteiger partial charge in [-0.25, -0.2) is 9.97 Å². The minimum atomic E-state index is -4.95. The van der Waals surface area contributed by atoms with E-state index in [-0.39, 0.29) is 11.1 Å². The molecule has 1 aliphatic rings. The first-order valence-electron chi connectivity index (χ1n) is 11.9. The van der Waals surface area contributed by atoms with Crippen molar-refractivity contribution < 1.29 is 37.0 Å². The summed E-state index contributed by atoms with van der Waals surface area (Å²) in [6.07, 6.45) is -2.51. The van der Waals surface area contributed by atoms with E-state index < -0.39 is 72.9 Å². The van der Waals surface area contributed by atoms with Crippen LogP contribution >= 0.6 is 0 Å². The van der Waals surface area contributed by atoms with Crippen LogP contribution < -0.4 is 9.47 Å². The van der Waals surface area contributed by atoms with Crippen LogP contribution in [0.4, 0.5) is 13.2 Å². The Labute approximate surface area is 179 Å². The van der Waals surface area contributed by atoms with Gasteiger partial charge in [-0.3, -0.25) is 4.79 Å². The van der Waals surface area contributed by atoms with E-state index in [1.165, 1.54) is 18.5 Å². The number of alkyl halides is 3. The molecule has 6 nitrogen and oxygen atoms in total. The van der Waals surface area contributed by atoms with E-state index in [9.17, 15) is 18.0 Å². The SMILES string of the molecule is [2H]c1c([2H])c(-c2ccc(OC(F)(F)F)cc2)c([2H])c2c1OC([2H])([2H])CN(C([2H])([2H])c1ncccn1)C2=O. The summed E-state index contributed by atoms with van der Waals surface area (Å²) >= 11 is 0. The van der Waals surface area contributed by atoms with Crippen LogP contribution in [0.25, 0.3) is 11.1 Å². The second-order valence-corrected chi connectivity index (χ2v) is 5.85. The predicted molar refractivity (Wildman–Crippen MR) is 101 cm³/mol. The quantitative estimate of drug-likeness (QED) is 0.634. The zero-order valence-electron chi connectivity index (χ0n) is 21.9. The number of rotatable bonds is 4. The van der Waals surface area contributed by atoms with E-state index in [1.54, 1.807) is 0 Å². The maximum absolute atomic E-state index is 13.6. The number of nitrogens with zero attached hydrogens (tertiary/aromatic N) is 3. The van der Waals surface area contributed by atoms with Crippen molar-refractivity contribution in [2.75, 3.05) is 13.1 Å². The number of aromatic nitrogens is 2. The van der Waals surface area contributed by atoms with Crippen molar-refractivity contribution in [2.24, 2.45) is 0 Å². The van der Waals surface area contributed by atoms with Crippen LogP contribution in [0.2, 0.25) is 0 Å². The number of benzene rings is 2. The molecule has 1 amide bonds. The molecule has 0 fully saturated rings. The van der Waals surface area contributed by atoms with Gasteiger partial charge in [0.15, 0.2) is 0 Å². The summed E-state index contributed by atoms with van der Waals surface area (Å²) in [5, 5.41) is 0. The third-order valence-corrected chi connectivity index (χ3v) is 3.81. The first-order valence-corrected chi connectivity index (χ1v) is 8.41. The molecular formula is C21H16F3N3O3. The first kappa shape index (κ1) is 12.8. The molecule has 9 heteroatoms. The van der Waals surface area contributed by atoms with Gasteiger partial charge in [-0.05, 0) is 41.4 Å². The molecule has 0 saturated carbocycles. The minimum Gasteiger partial charge on any atom is -0.491 e. The zero-order chi connectivity index (χ0) is 27.3. The Kier molecular flexibility index (Phi) is 3.43. The van der Waals surface area contributed by atoms with Crippen LogP contribution in [0.5, 0.6) is 11.5 Å². The van der Waals surface area contributed by atoms with Gasteiger partial charge in [0, 0.05) is 12.4 Å². The molecule has 1 aliphatic heterocycles. The standard InChI is InChI=1S/C21H16F3N3O3/c22-21(23,24)30-16-5-2-14(3-6-16)15-4-7-18-17(12-15)20(28)27(10-11-29-18)13-19-25-8-1-9-26-19/h1-9,12H,10-11,13H2/i4D,7D,11D2,12D,13D2. The van der Waals surface area contributed by atoms with Gasteiger partial charge in [0.05, 0.1) is 28.2 Å². The lowest BCUT2D eigenvalue weighted by molar-refractivity contribution is -0.274. The summed E-state index contributed by atoms with van der Waals surface area (Å²) in [6.45, 7) is -6.49. The highest BCUT2D eigenvalue weighted by Gasteiger charge is 2.31. The molecule has 2 heterocycles. The third-order valence-electron chi connectivity index (χ3n) is 3.81. The average molecular weight is 422 g/mol. The molecule has 0 unspecified atom stereocenters. The lowest BCUT2D eigenvalue weighted by atomic mass is 10.0. The van der Waals surface area contributed by atoms with Crippen molar-refractivity contribution >= 4 is 5.91 Å². The highest BCUT2D eigenvalue weighted by atomic mass is 19.4. The fraction of sp³-hybridized carbons (Fsp3) is 0.190. The lowest BCUT2D eigenvalue weighted by Crippen LogP contribution is -2.32. The molecule has 154 valence electrons. The summed E-state index contributed by atoms with van der Waals surface area (Å²) in [6, 6.07) is 3.30. The first-order chi connectivity index (χ1) is 17.1. The topological polar surface area (TPSA) is 64.6 Å². The number of carbonyl (C=O) groups excluding carboxylic acids is 1. The van der Waals surface area contributed by atoms with Gasteiger partial charge in [-0.2, -0.15) is 0 Å². The molecule has 3 aromatic rings. The smallest absolute Gasteiger partial charge is 0.491 e. The Morgan fingerprint density at radius 2 is 1.93 bits per heavy atom. The van der Waals surface area contributed by atoms with Crippen LogP contribution in [0.15, 0.2) is 60.9 Å². The normalized spacial score (nSPS) is 19.5. The summed E-state index contributed by atoms with van der Waals surface area (Å²) in [7, 11) is 0. The molecule has 4 rings (SSSR count). The highest BCUT2D eigenvalue weighted by molar-refractivity contribution is 5.98. The van der Waals surface area contributed by atoms with Crippen LogP contribution in [-0.2, 0) is 6.50 Å². The molecule has 0 bridgehead atoms. The van der Waals surface area contributed by atoms with Crippen LogP contribution in [-0.4, -0.2) is 40.2 Å². The van der Waals surface area contributed by atoms with E-state index >= 15 is 0 Å². The zero-order valence-corrected chi connectivity index (χ0v) is 14.9. The van der Waals surface area contributed by atoms with E-state index in [1.807, 2.05) is 0 Å². The maximum Gasteiger partial charge on any atom is 0.573 e. The van der Waals surface area contributed by atoms with Gasteiger partial charge >= 0.3 is 6.36 Å². The van der Waals surface area contributed by atoms with Gasteiger partial charge < -0.3 is 14.4 Å². The Bertz CT molecular complexity index is 1360. The molecule has 0 N–H and O–H groups in total. The maximum atomic E-state index is 13.6. The Hall–Kier alpha value is -3.62. The average Bonchev–Trinajstić information content (AvgIpc) is 2.92. The molecule has 0 aliphatic carbocycles. The number of hydrogen-bond donors (Lipinski definition) is 0. The Balaban J connectivity index is 1.88. The Morgan fingerprint density at radius 1 is 1.20 bits per heavy atom. The molecule has 2 aromatic carbocycles. The molecular weight excluding hydrogens is 399 g/mol. The molecule has 0 saturated heterocycles. The predicted octanol–water partition coefficient (Wildman–Crippen LogP) is 4.08. The number of fused-ring (bicyclic) bond motifs is 1. The highest BCUT2D eigenvalue weighted by Crippen LogP contribution is 2.31. The lowest BCUT2D eigenvalue weighted by Gasteiger charge is -2.19. The van der Waals surface area contributed by atoms with Gasteiger partial charge in [0.1, 0.15) is 23.9 Å². The van der Waals surface area contributed by atoms with E-state index in [0.717, 1.165) is 24.3 Å². The second kappa shape index (κ2) is 8.02. The van der Waals surface area contributed by atoms with Crippen molar-refractivity contribution in [1.29, 1.82) is 0 Å². The summed E-state index contributed by atoms with van der Waals surface area (Å²) in [5.74, 6) is -3.02. The fourth-order valence-electron chi connectivity index (χ4n) is 2.53. The Morgan fingerprint density at radius 3 is 2.63 bits per heavy atom. The fourth-order valence-corrected chi connectivity index (χ4v) is 2.53. The van der Waals surface area contributed by atoms with E-state index in [4.69, 9.17) is 14.3 Å². The van der Waals surface area contributed by atoms with Crippen molar-refractivity contribution in [3.63, 3.8) is 0 Å². The number of amides is 1. The second-order valence-electron chi connectivity index (χ2n) is 5.85. The number of halogens is 3. The van der Waals surface area contributed by atoms with Crippen molar-refractivity contribution in [1.82, 2.24) is 14.9 Å². The van der Waals surface area contributed by atoms with E-state index in [2.05, 4.69) is 14.7 Å². The van der Waals surface area contributed by atoms with Gasteiger partial charge in [0.25, 0.3) is 5.91 Å². The van der Waals surface area contributed by atoms with Crippen LogP contribution in [0.3, 0.4) is 0 Å². The summed E-state index contributed by atoms with van der Waals surface area (Å²) in [4.78, 5) is 21.6. The van der Waals surface area contributed by atoms with E-state index in [0.29, 0.717) is 4.90 Å². The monoisotopic (exact) mass is 422 g/mol. The number of hydrogen-bond acceptors (Lipinski definition) is 5. The molecule has 0 atom stereocenters. The van der Waals surface area contributed by atoms with Gasteiger partial charge in [-0.1, -0.05) is 18.2 Å². The van der Waals surface area contributed by atoms with Crippen LogP contribution in [0.1, 0.15) is 25.8 Å². The molecule has 0 radical (unpaired) electrons. The van der Waals surface area contributed by atoms with Crippen molar-refractivity contribution in [3.05, 3.63) is 72.2 Å². The molecule has 1 aromatic heterocycles. The molecule has 30 heavy (non-hydrogen) atoms. The summed E-state index contributed by atoms with van der Waals surface area (Å²) < 4.78 is 105. The minimum absolute atomic E-state index is 0.0122. The van der Waals surface area contributed by atoms with Crippen LogP contribution in [0, 0.1) is 0 Å². The third kappa shape index (κ3) is 4.51. The number of ether oxygens (including phenoxy) is 2. The number of carbonyl (C=O) groups is 1. The summed E-state index contributed by atoms with van der Waals surface area (Å²) in [5.41, 5.74) is -1.05. The largest absolute Gasteiger partial charge is 0.573 e. The van der Waals surface area contributed by atoms with Gasteiger partial charge in [-0.15, -0.1) is 13.2 Å². The molecule has 0 spiro atoms. The van der Waals surface area contributed by atoms with Gasteiger partial charge in [0.2, 0.25) is 0 Å².